The molecule has 0 saturated heterocycles. The maximum absolute atomic E-state index is 11.4. The van der Waals surface area contributed by atoms with Gasteiger partial charge in [-0.2, -0.15) is 0 Å². The number of fused-ring (bicyclic) bond motifs is 2. The lowest BCUT2D eigenvalue weighted by Gasteiger charge is -2.08. The third-order valence-electron chi connectivity index (χ3n) is 4.04. The van der Waals surface area contributed by atoms with Gasteiger partial charge in [-0.1, -0.05) is 13.8 Å². The van der Waals surface area contributed by atoms with Crippen molar-refractivity contribution in [3.05, 3.63) is 35.0 Å². The van der Waals surface area contributed by atoms with Crippen molar-refractivity contribution in [2.75, 3.05) is 6.79 Å². The van der Waals surface area contributed by atoms with E-state index in [4.69, 9.17) is 9.47 Å². The molecule has 0 unspecified atom stereocenters. The molecule has 7 heteroatoms. The van der Waals surface area contributed by atoms with Gasteiger partial charge in [-0.25, -0.2) is 4.98 Å². The first-order valence-corrected chi connectivity index (χ1v) is 8.53. The van der Waals surface area contributed by atoms with Crippen LogP contribution in [0, 0.1) is 0 Å². The molecule has 1 aliphatic heterocycles. The number of rotatable bonds is 4. The maximum atomic E-state index is 11.4. The van der Waals surface area contributed by atoms with E-state index in [2.05, 4.69) is 18.8 Å². The molecule has 0 bridgehead atoms. The Kier molecular flexibility index (Phi) is 3.45. The van der Waals surface area contributed by atoms with Crippen LogP contribution in [-0.2, 0) is 11.2 Å². The van der Waals surface area contributed by atoms with Crippen LogP contribution >= 0.6 is 11.3 Å². The number of imidazole rings is 1. The summed E-state index contributed by atoms with van der Waals surface area (Å²) in [5, 5.41) is 11.4. The fourth-order valence-electron chi connectivity index (χ4n) is 2.92. The lowest BCUT2D eigenvalue weighted by molar-refractivity contribution is -0.136. The van der Waals surface area contributed by atoms with Crippen molar-refractivity contribution in [1.82, 2.24) is 9.38 Å². The highest BCUT2D eigenvalue weighted by Gasteiger charge is 2.23. The van der Waals surface area contributed by atoms with E-state index in [-0.39, 0.29) is 19.1 Å². The summed E-state index contributed by atoms with van der Waals surface area (Å²) in [7, 11) is 0. The SMILES string of the molecule is CC(C)c1csc2nc(-c3ccc4c(c3)OCO4)c(CC(=O)O)n12. The van der Waals surface area contributed by atoms with Crippen molar-refractivity contribution in [3.8, 4) is 22.8 Å². The molecule has 4 rings (SSSR count). The second-order valence-electron chi connectivity index (χ2n) is 5.98. The largest absolute Gasteiger partial charge is 0.481 e. The van der Waals surface area contributed by atoms with E-state index in [1.807, 2.05) is 28.0 Å². The molecule has 0 aliphatic carbocycles. The highest BCUT2D eigenvalue weighted by atomic mass is 32.1. The number of thiazole rings is 1. The standard InChI is InChI=1S/C17H16N2O4S/c1-9(2)12-7-24-17-18-16(11(19(12)17)6-15(20)21)10-3-4-13-14(5-10)23-8-22-13/h3-5,7,9H,6,8H2,1-2H3,(H,20,21). The van der Waals surface area contributed by atoms with E-state index in [0.29, 0.717) is 22.9 Å². The monoisotopic (exact) mass is 344 g/mol. The maximum Gasteiger partial charge on any atom is 0.309 e. The topological polar surface area (TPSA) is 73.1 Å². The Labute approximate surface area is 142 Å². The summed E-state index contributed by atoms with van der Waals surface area (Å²) >= 11 is 1.53. The van der Waals surface area contributed by atoms with Crippen LogP contribution in [0.4, 0.5) is 0 Å². The van der Waals surface area contributed by atoms with Gasteiger partial charge in [0.15, 0.2) is 16.5 Å². The molecule has 1 N–H and O–H groups in total. The molecule has 0 saturated carbocycles. The lowest BCUT2D eigenvalue weighted by atomic mass is 10.1. The third-order valence-corrected chi connectivity index (χ3v) is 4.89. The predicted octanol–water partition coefficient (Wildman–Crippen LogP) is 3.54. The van der Waals surface area contributed by atoms with Gasteiger partial charge in [0.05, 0.1) is 17.8 Å². The molecule has 0 atom stereocenters. The number of ether oxygens (including phenoxy) is 2. The summed E-state index contributed by atoms with van der Waals surface area (Å²) in [6.07, 6.45) is -0.0819. The van der Waals surface area contributed by atoms with Crippen LogP contribution in [0.3, 0.4) is 0 Å². The Morgan fingerprint density at radius 2 is 2.17 bits per heavy atom. The summed E-state index contributed by atoms with van der Waals surface area (Å²) in [4.78, 5) is 16.9. The van der Waals surface area contributed by atoms with Gasteiger partial charge < -0.3 is 14.6 Å². The molecule has 6 nitrogen and oxygen atoms in total. The van der Waals surface area contributed by atoms with E-state index >= 15 is 0 Å². The van der Waals surface area contributed by atoms with Gasteiger partial charge >= 0.3 is 5.97 Å². The highest BCUT2D eigenvalue weighted by molar-refractivity contribution is 7.15. The fraction of sp³-hybridized carbons (Fsp3) is 0.294. The second-order valence-corrected chi connectivity index (χ2v) is 6.82. The van der Waals surface area contributed by atoms with E-state index in [0.717, 1.165) is 16.2 Å². The smallest absolute Gasteiger partial charge is 0.309 e. The molecular formula is C17H16N2O4S. The first kappa shape index (κ1) is 15.0. The van der Waals surface area contributed by atoms with E-state index < -0.39 is 5.97 Å². The van der Waals surface area contributed by atoms with Crippen LogP contribution in [0.2, 0.25) is 0 Å². The van der Waals surface area contributed by atoms with Gasteiger partial charge in [0.25, 0.3) is 0 Å². The van der Waals surface area contributed by atoms with Gasteiger partial charge in [0, 0.05) is 16.6 Å². The minimum atomic E-state index is -0.875. The normalized spacial score (nSPS) is 13.1. The zero-order valence-electron chi connectivity index (χ0n) is 13.3. The lowest BCUT2D eigenvalue weighted by Crippen LogP contribution is -2.06. The van der Waals surface area contributed by atoms with Crippen LogP contribution in [0.1, 0.15) is 31.2 Å². The van der Waals surface area contributed by atoms with Crippen molar-refractivity contribution in [2.45, 2.75) is 26.2 Å². The number of hydrogen-bond donors (Lipinski definition) is 1. The number of aliphatic carboxylic acids is 1. The summed E-state index contributed by atoms with van der Waals surface area (Å²) in [5.41, 5.74) is 3.29. The van der Waals surface area contributed by atoms with Crippen LogP contribution in [0.25, 0.3) is 16.2 Å². The minimum absolute atomic E-state index is 0.0819. The number of carbonyl (C=O) groups is 1. The molecule has 1 aromatic carbocycles. The molecule has 0 amide bonds. The van der Waals surface area contributed by atoms with Crippen molar-refractivity contribution < 1.29 is 19.4 Å². The van der Waals surface area contributed by atoms with Gasteiger partial charge in [0.2, 0.25) is 6.79 Å². The average molecular weight is 344 g/mol. The van der Waals surface area contributed by atoms with E-state index in [1.54, 1.807) is 0 Å². The van der Waals surface area contributed by atoms with Gasteiger partial charge in [-0.3, -0.25) is 9.20 Å². The van der Waals surface area contributed by atoms with Gasteiger partial charge in [0.1, 0.15) is 0 Å². The Balaban J connectivity index is 1.92. The van der Waals surface area contributed by atoms with Crippen LogP contribution in [0.15, 0.2) is 23.6 Å². The molecule has 0 spiro atoms. The second kappa shape index (κ2) is 5.52. The highest BCUT2D eigenvalue weighted by Crippen LogP contribution is 2.38. The first-order chi connectivity index (χ1) is 11.5. The fourth-order valence-corrected chi connectivity index (χ4v) is 3.99. The number of aromatic nitrogens is 2. The molecule has 0 radical (unpaired) electrons. The van der Waals surface area contributed by atoms with Crippen LogP contribution in [-0.4, -0.2) is 27.3 Å². The first-order valence-electron chi connectivity index (χ1n) is 7.65. The Hall–Kier alpha value is -2.54. The third kappa shape index (κ3) is 2.32. The number of hydrogen-bond acceptors (Lipinski definition) is 5. The minimum Gasteiger partial charge on any atom is -0.481 e. The number of nitrogens with zero attached hydrogens (tertiary/aromatic N) is 2. The predicted molar refractivity (Wildman–Crippen MR) is 90.1 cm³/mol. The van der Waals surface area contributed by atoms with Crippen LogP contribution in [0.5, 0.6) is 11.5 Å². The molecular weight excluding hydrogens is 328 g/mol. The molecule has 0 fully saturated rings. The van der Waals surface area contributed by atoms with Crippen molar-refractivity contribution in [1.29, 1.82) is 0 Å². The quantitative estimate of drug-likeness (QED) is 0.784. The molecule has 1 aliphatic rings. The van der Waals surface area contributed by atoms with Crippen molar-refractivity contribution >= 4 is 22.3 Å². The zero-order valence-corrected chi connectivity index (χ0v) is 14.1. The van der Waals surface area contributed by atoms with Crippen molar-refractivity contribution in [3.63, 3.8) is 0 Å². The van der Waals surface area contributed by atoms with E-state index in [1.165, 1.54) is 11.3 Å². The summed E-state index contributed by atoms with van der Waals surface area (Å²) in [6, 6.07) is 5.58. The Morgan fingerprint density at radius 1 is 1.38 bits per heavy atom. The zero-order chi connectivity index (χ0) is 16.8. The summed E-state index contributed by atoms with van der Waals surface area (Å²) in [5.74, 6) is 0.765. The van der Waals surface area contributed by atoms with E-state index in [9.17, 15) is 9.90 Å². The number of carboxylic acids is 1. The Morgan fingerprint density at radius 3 is 2.92 bits per heavy atom. The molecule has 2 aromatic heterocycles. The van der Waals surface area contributed by atoms with Gasteiger partial charge in [-0.15, -0.1) is 11.3 Å². The van der Waals surface area contributed by atoms with Crippen molar-refractivity contribution in [2.24, 2.45) is 0 Å². The number of carboxylic acid groups (broad SMARTS) is 1. The summed E-state index contributed by atoms with van der Waals surface area (Å²) < 4.78 is 12.7. The van der Waals surface area contributed by atoms with Gasteiger partial charge in [-0.05, 0) is 24.1 Å². The molecule has 3 aromatic rings. The molecule has 3 heterocycles. The summed E-state index contributed by atoms with van der Waals surface area (Å²) in [6.45, 7) is 4.38. The van der Waals surface area contributed by atoms with Crippen LogP contribution < -0.4 is 9.47 Å². The molecule has 24 heavy (non-hydrogen) atoms. The number of benzene rings is 1. The average Bonchev–Trinajstić information content (AvgIpc) is 3.21. The molecule has 124 valence electrons. The Bertz CT molecular complexity index is 942.